The van der Waals surface area contributed by atoms with E-state index in [2.05, 4.69) is 13.8 Å². The molecule has 4 rings (SSSR count). The van der Waals surface area contributed by atoms with E-state index in [1.807, 2.05) is 0 Å². The van der Waals surface area contributed by atoms with Crippen LogP contribution >= 0.6 is 0 Å². The molecule has 0 aromatic heterocycles. The van der Waals surface area contributed by atoms with E-state index in [4.69, 9.17) is 0 Å². The van der Waals surface area contributed by atoms with Gasteiger partial charge < -0.3 is 5.11 Å². The Balaban J connectivity index is 1.58. The van der Waals surface area contributed by atoms with Crippen molar-refractivity contribution >= 4 is 5.78 Å². The fourth-order valence-corrected chi connectivity index (χ4v) is 7.60. The molecule has 2 nitrogen and oxygen atoms in total. The molecular formula is C21H34O2. The van der Waals surface area contributed by atoms with Crippen LogP contribution in [0, 0.1) is 40.4 Å². The molecule has 0 spiro atoms. The number of hydrogen-bond donors (Lipinski definition) is 1. The molecule has 2 heteroatoms. The van der Waals surface area contributed by atoms with Crippen molar-refractivity contribution in [3.8, 4) is 0 Å². The molecule has 4 saturated carbocycles. The summed E-state index contributed by atoms with van der Waals surface area (Å²) in [6, 6.07) is 0. The predicted molar refractivity (Wildman–Crippen MR) is 91.9 cm³/mol. The highest BCUT2D eigenvalue weighted by molar-refractivity contribution is 5.78. The molecule has 0 amide bonds. The van der Waals surface area contributed by atoms with E-state index < -0.39 is 0 Å². The SMILES string of the molecule is CC(=O)[C@@H]1CC[C@@]2(C)[C@H](CC[C@@H]3[C@@H]2CC[C@]2(C)[C@@H](O)CC[C@@H]32)C1. The normalized spacial score (nSPS) is 55.7. The monoisotopic (exact) mass is 318 g/mol. The number of rotatable bonds is 1. The van der Waals surface area contributed by atoms with E-state index in [-0.39, 0.29) is 11.5 Å². The summed E-state index contributed by atoms with van der Waals surface area (Å²) < 4.78 is 0. The molecule has 0 unspecified atom stereocenters. The minimum Gasteiger partial charge on any atom is -0.393 e. The highest BCUT2D eigenvalue weighted by atomic mass is 16.3. The highest BCUT2D eigenvalue weighted by Crippen LogP contribution is 2.66. The Labute approximate surface area is 141 Å². The van der Waals surface area contributed by atoms with Crippen molar-refractivity contribution in [3.63, 3.8) is 0 Å². The Morgan fingerprint density at radius 2 is 1.61 bits per heavy atom. The standard InChI is InChI=1S/C21H34O2/c1-13(22)14-8-10-20(2)15(12-14)4-5-16-17-6-7-19(23)21(17,3)11-9-18(16)20/h14-19,23H,4-12H2,1-3H3/t14-,15-,16+,17+,18+,19+,20+,21+/m1/s1. The molecule has 0 heterocycles. The first-order chi connectivity index (χ1) is 10.9. The van der Waals surface area contributed by atoms with Crippen molar-refractivity contribution < 1.29 is 9.90 Å². The molecular weight excluding hydrogens is 284 g/mol. The van der Waals surface area contributed by atoms with Gasteiger partial charge in [0, 0.05) is 5.92 Å². The van der Waals surface area contributed by atoms with Gasteiger partial charge in [-0.05, 0) is 99.2 Å². The fraction of sp³-hybridized carbons (Fsp3) is 0.952. The lowest BCUT2D eigenvalue weighted by Gasteiger charge is -2.60. The van der Waals surface area contributed by atoms with E-state index in [0.717, 1.165) is 42.9 Å². The van der Waals surface area contributed by atoms with Crippen LogP contribution in [0.5, 0.6) is 0 Å². The predicted octanol–water partition coefficient (Wildman–Crippen LogP) is 4.60. The second-order valence-corrected chi connectivity index (χ2v) is 9.88. The molecule has 4 aliphatic rings. The number of hydrogen-bond acceptors (Lipinski definition) is 2. The van der Waals surface area contributed by atoms with Crippen LogP contribution in [0.3, 0.4) is 0 Å². The van der Waals surface area contributed by atoms with Crippen molar-refractivity contribution in [2.75, 3.05) is 0 Å². The maximum atomic E-state index is 11.9. The van der Waals surface area contributed by atoms with Gasteiger partial charge in [0.05, 0.1) is 6.10 Å². The van der Waals surface area contributed by atoms with Crippen LogP contribution in [0.2, 0.25) is 0 Å². The number of fused-ring (bicyclic) bond motifs is 5. The van der Waals surface area contributed by atoms with Crippen LogP contribution in [0.1, 0.15) is 78.6 Å². The fourth-order valence-electron chi connectivity index (χ4n) is 7.60. The lowest BCUT2D eigenvalue weighted by Crippen LogP contribution is -2.54. The van der Waals surface area contributed by atoms with Crippen LogP contribution < -0.4 is 0 Å². The van der Waals surface area contributed by atoms with Crippen LogP contribution in [0.25, 0.3) is 0 Å². The van der Waals surface area contributed by atoms with Crippen molar-refractivity contribution in [1.29, 1.82) is 0 Å². The summed E-state index contributed by atoms with van der Waals surface area (Å²) in [5, 5.41) is 10.5. The summed E-state index contributed by atoms with van der Waals surface area (Å²) in [5.41, 5.74) is 0.657. The van der Waals surface area contributed by atoms with Crippen molar-refractivity contribution in [1.82, 2.24) is 0 Å². The number of Topliss-reactive ketones (excluding diaryl/α,β-unsaturated/α-hetero) is 1. The van der Waals surface area contributed by atoms with E-state index in [1.54, 1.807) is 6.92 Å². The van der Waals surface area contributed by atoms with Crippen molar-refractivity contribution in [2.45, 2.75) is 84.7 Å². The summed E-state index contributed by atoms with van der Waals surface area (Å²) in [6.07, 6.45) is 10.9. The summed E-state index contributed by atoms with van der Waals surface area (Å²) in [6.45, 7) is 6.72. The van der Waals surface area contributed by atoms with Crippen LogP contribution in [-0.2, 0) is 4.79 Å². The molecule has 1 N–H and O–H groups in total. The van der Waals surface area contributed by atoms with Gasteiger partial charge in [-0.3, -0.25) is 4.79 Å². The second kappa shape index (κ2) is 5.31. The highest BCUT2D eigenvalue weighted by Gasteiger charge is 2.60. The average molecular weight is 319 g/mol. The molecule has 0 radical (unpaired) electrons. The molecule has 0 aliphatic heterocycles. The third-order valence-electron chi connectivity index (χ3n) is 9.19. The van der Waals surface area contributed by atoms with Crippen LogP contribution in [-0.4, -0.2) is 17.0 Å². The number of carbonyl (C=O) groups excluding carboxylic acids is 1. The van der Waals surface area contributed by atoms with Gasteiger partial charge in [-0.25, -0.2) is 0 Å². The Kier molecular flexibility index (Phi) is 3.72. The van der Waals surface area contributed by atoms with E-state index >= 15 is 0 Å². The Morgan fingerprint density at radius 3 is 2.35 bits per heavy atom. The number of aliphatic hydroxyl groups excluding tert-OH is 1. The molecule has 0 bridgehead atoms. The molecule has 130 valence electrons. The smallest absolute Gasteiger partial charge is 0.132 e. The van der Waals surface area contributed by atoms with Gasteiger partial charge in [-0.1, -0.05) is 13.8 Å². The van der Waals surface area contributed by atoms with E-state index in [9.17, 15) is 9.90 Å². The zero-order valence-electron chi connectivity index (χ0n) is 15.2. The summed E-state index contributed by atoms with van der Waals surface area (Å²) in [4.78, 5) is 11.9. The lowest BCUT2D eigenvalue weighted by atomic mass is 9.44. The van der Waals surface area contributed by atoms with Crippen molar-refractivity contribution in [3.05, 3.63) is 0 Å². The maximum absolute atomic E-state index is 11.9. The Morgan fingerprint density at radius 1 is 0.913 bits per heavy atom. The second-order valence-electron chi connectivity index (χ2n) is 9.88. The van der Waals surface area contributed by atoms with Gasteiger partial charge in [0.2, 0.25) is 0 Å². The molecule has 23 heavy (non-hydrogen) atoms. The number of aliphatic hydroxyl groups is 1. The van der Waals surface area contributed by atoms with Gasteiger partial charge in [-0.2, -0.15) is 0 Å². The molecule has 0 aromatic carbocycles. The Hall–Kier alpha value is -0.370. The molecule has 8 atom stereocenters. The van der Waals surface area contributed by atoms with Crippen molar-refractivity contribution in [2.24, 2.45) is 40.4 Å². The van der Waals surface area contributed by atoms with E-state index in [1.165, 1.54) is 38.5 Å². The molecule has 4 fully saturated rings. The number of carbonyl (C=O) groups is 1. The van der Waals surface area contributed by atoms with Crippen LogP contribution in [0.4, 0.5) is 0 Å². The number of ketones is 1. The van der Waals surface area contributed by atoms with E-state index in [0.29, 0.717) is 17.1 Å². The average Bonchev–Trinajstić information content (AvgIpc) is 2.82. The Bertz CT molecular complexity index is 500. The molecule has 0 aromatic rings. The quantitative estimate of drug-likeness (QED) is 0.767. The van der Waals surface area contributed by atoms with Gasteiger partial charge in [-0.15, -0.1) is 0 Å². The van der Waals surface area contributed by atoms with Crippen LogP contribution in [0.15, 0.2) is 0 Å². The zero-order chi connectivity index (χ0) is 16.4. The molecule has 0 saturated heterocycles. The summed E-state index contributed by atoms with van der Waals surface area (Å²) in [7, 11) is 0. The van der Waals surface area contributed by atoms with Gasteiger partial charge >= 0.3 is 0 Å². The van der Waals surface area contributed by atoms with Gasteiger partial charge in [0.1, 0.15) is 5.78 Å². The van der Waals surface area contributed by atoms with Gasteiger partial charge in [0.15, 0.2) is 0 Å². The lowest BCUT2D eigenvalue weighted by molar-refractivity contribution is -0.138. The maximum Gasteiger partial charge on any atom is 0.132 e. The third kappa shape index (κ3) is 2.19. The summed E-state index contributed by atoms with van der Waals surface area (Å²) >= 11 is 0. The minimum atomic E-state index is -0.0626. The molecule has 4 aliphatic carbocycles. The first-order valence-electron chi connectivity index (χ1n) is 10.0. The third-order valence-corrected chi connectivity index (χ3v) is 9.19. The zero-order valence-corrected chi connectivity index (χ0v) is 15.2. The van der Waals surface area contributed by atoms with Gasteiger partial charge in [0.25, 0.3) is 0 Å². The first-order valence-corrected chi connectivity index (χ1v) is 10.0. The minimum absolute atomic E-state index is 0.0626. The summed E-state index contributed by atoms with van der Waals surface area (Å²) in [5.74, 6) is 3.95. The largest absolute Gasteiger partial charge is 0.393 e. The first kappa shape index (κ1) is 16.1. The topological polar surface area (TPSA) is 37.3 Å².